The van der Waals surface area contributed by atoms with E-state index in [1.807, 2.05) is 35.0 Å². The van der Waals surface area contributed by atoms with Gasteiger partial charge in [-0.3, -0.25) is 4.79 Å². The minimum atomic E-state index is -0.0678. The molecule has 0 saturated heterocycles. The Morgan fingerprint density at radius 3 is 2.41 bits per heavy atom. The summed E-state index contributed by atoms with van der Waals surface area (Å²) in [5.74, 6) is 1.50. The van der Waals surface area contributed by atoms with E-state index in [0.29, 0.717) is 35.5 Å². The zero-order valence-corrected chi connectivity index (χ0v) is 16.4. The molecule has 0 aliphatic rings. The van der Waals surface area contributed by atoms with Crippen molar-refractivity contribution >= 4 is 5.91 Å². The van der Waals surface area contributed by atoms with Crippen LogP contribution >= 0.6 is 0 Å². The summed E-state index contributed by atoms with van der Waals surface area (Å²) in [6, 6.07) is 9.37. The third-order valence-corrected chi connectivity index (χ3v) is 4.12. The molecule has 7 heteroatoms. The zero-order valence-electron chi connectivity index (χ0n) is 16.4. The molecule has 7 nitrogen and oxygen atoms in total. The lowest BCUT2D eigenvalue weighted by atomic mass is 10.1. The summed E-state index contributed by atoms with van der Waals surface area (Å²) in [6.45, 7) is 10.7. The minimum Gasteiger partial charge on any atom is -0.420 e. The molecule has 0 fully saturated rings. The van der Waals surface area contributed by atoms with Crippen molar-refractivity contribution in [2.45, 2.75) is 40.5 Å². The van der Waals surface area contributed by atoms with Crippen LogP contribution in [0.4, 0.5) is 0 Å². The number of aryl methyl sites for hydroxylation is 1. The molecule has 1 N–H and O–H groups in total. The topological polar surface area (TPSA) is 85.8 Å². The third-order valence-electron chi connectivity index (χ3n) is 4.12. The number of nitrogens with one attached hydrogen (secondary N) is 1. The average Bonchev–Trinajstić information content (AvgIpc) is 3.26. The highest BCUT2D eigenvalue weighted by molar-refractivity contribution is 5.94. The third kappa shape index (κ3) is 4.24. The maximum atomic E-state index is 12.2. The Kier molecular flexibility index (Phi) is 5.39. The highest BCUT2D eigenvalue weighted by Crippen LogP contribution is 2.25. The molecule has 1 aromatic carbocycles. The number of carbonyl (C=O) groups is 1. The van der Waals surface area contributed by atoms with Gasteiger partial charge in [-0.2, -0.15) is 5.10 Å². The molecule has 0 aliphatic heterocycles. The zero-order chi connectivity index (χ0) is 19.6. The highest BCUT2D eigenvalue weighted by atomic mass is 16.4. The number of carbonyl (C=O) groups excluding carboxylic acids is 1. The lowest BCUT2D eigenvalue weighted by Gasteiger charge is -2.11. The lowest BCUT2D eigenvalue weighted by Crippen LogP contribution is -2.27. The van der Waals surface area contributed by atoms with Crippen molar-refractivity contribution in [2.75, 3.05) is 6.54 Å². The van der Waals surface area contributed by atoms with Crippen LogP contribution < -0.4 is 5.32 Å². The largest absolute Gasteiger partial charge is 0.420 e. The van der Waals surface area contributed by atoms with Gasteiger partial charge >= 0.3 is 0 Å². The number of hydrogen-bond donors (Lipinski definition) is 1. The molecule has 0 atom stereocenters. The van der Waals surface area contributed by atoms with E-state index in [1.54, 1.807) is 6.92 Å². The van der Waals surface area contributed by atoms with Crippen molar-refractivity contribution in [3.63, 3.8) is 0 Å². The molecule has 3 aromatic rings. The number of benzene rings is 1. The van der Waals surface area contributed by atoms with Gasteiger partial charge in [0.15, 0.2) is 0 Å². The maximum absolute atomic E-state index is 12.2. The van der Waals surface area contributed by atoms with Crippen LogP contribution in [-0.4, -0.2) is 32.4 Å². The molecule has 0 unspecified atom stereocenters. The predicted octanol–water partition coefficient (Wildman–Crippen LogP) is 3.74. The Labute approximate surface area is 158 Å². The van der Waals surface area contributed by atoms with Crippen LogP contribution in [0.2, 0.25) is 0 Å². The van der Waals surface area contributed by atoms with Gasteiger partial charge in [-0.25, -0.2) is 4.68 Å². The number of aromatic nitrogens is 4. The average molecular weight is 367 g/mol. The molecule has 142 valence electrons. The van der Waals surface area contributed by atoms with Gasteiger partial charge in [-0.1, -0.05) is 27.7 Å². The monoisotopic (exact) mass is 367 g/mol. The first-order valence-electron chi connectivity index (χ1n) is 9.14. The van der Waals surface area contributed by atoms with E-state index < -0.39 is 0 Å². The van der Waals surface area contributed by atoms with E-state index in [4.69, 9.17) is 4.42 Å². The quantitative estimate of drug-likeness (QED) is 0.717. The van der Waals surface area contributed by atoms with Crippen LogP contribution in [0.5, 0.6) is 0 Å². The Hall–Kier alpha value is -2.96. The molecule has 2 aromatic heterocycles. The van der Waals surface area contributed by atoms with Crippen LogP contribution in [-0.2, 0) is 0 Å². The number of amides is 1. The first-order valence-corrected chi connectivity index (χ1v) is 9.14. The Balaban J connectivity index is 1.89. The van der Waals surface area contributed by atoms with Gasteiger partial charge in [0, 0.05) is 24.7 Å². The van der Waals surface area contributed by atoms with Crippen molar-refractivity contribution in [2.24, 2.45) is 5.92 Å². The molecule has 0 aliphatic carbocycles. The second kappa shape index (κ2) is 7.73. The second-order valence-corrected chi connectivity index (χ2v) is 7.30. The van der Waals surface area contributed by atoms with Crippen LogP contribution in [0.15, 0.2) is 34.7 Å². The van der Waals surface area contributed by atoms with E-state index in [0.717, 1.165) is 11.4 Å². The summed E-state index contributed by atoms with van der Waals surface area (Å²) < 4.78 is 7.36. The van der Waals surface area contributed by atoms with E-state index in [-0.39, 0.29) is 11.8 Å². The molecule has 0 saturated carbocycles. The van der Waals surface area contributed by atoms with Gasteiger partial charge in [0.05, 0.1) is 5.69 Å². The summed E-state index contributed by atoms with van der Waals surface area (Å²) in [7, 11) is 0. The van der Waals surface area contributed by atoms with Crippen molar-refractivity contribution in [1.29, 1.82) is 0 Å². The van der Waals surface area contributed by atoms with Crippen molar-refractivity contribution in [3.05, 3.63) is 47.5 Å². The summed E-state index contributed by atoms with van der Waals surface area (Å²) in [5, 5.41) is 15.5. The molecule has 3 rings (SSSR count). The molecule has 2 heterocycles. The van der Waals surface area contributed by atoms with Crippen molar-refractivity contribution in [1.82, 2.24) is 25.3 Å². The SMILES string of the molecule is Cc1nnc(-c2cc(C(C)C)n(-c3ccc(C(=O)NCC(C)C)cc3)n2)o1. The van der Waals surface area contributed by atoms with Gasteiger partial charge in [0.25, 0.3) is 11.8 Å². The van der Waals surface area contributed by atoms with Gasteiger partial charge in [-0.05, 0) is 42.2 Å². The first kappa shape index (κ1) is 18.8. The molecule has 0 bridgehead atoms. The smallest absolute Gasteiger partial charge is 0.268 e. The van der Waals surface area contributed by atoms with E-state index in [2.05, 4.69) is 48.3 Å². The van der Waals surface area contributed by atoms with Crippen LogP contribution in [0.1, 0.15) is 55.6 Å². The fourth-order valence-electron chi connectivity index (χ4n) is 2.67. The highest BCUT2D eigenvalue weighted by Gasteiger charge is 2.17. The fraction of sp³-hybridized carbons (Fsp3) is 0.400. The summed E-state index contributed by atoms with van der Waals surface area (Å²) in [6.07, 6.45) is 0. The van der Waals surface area contributed by atoms with Crippen molar-refractivity contribution < 1.29 is 9.21 Å². The van der Waals surface area contributed by atoms with Crippen LogP contribution in [0.3, 0.4) is 0 Å². The second-order valence-electron chi connectivity index (χ2n) is 7.30. The van der Waals surface area contributed by atoms with Gasteiger partial charge in [0.1, 0.15) is 5.69 Å². The van der Waals surface area contributed by atoms with E-state index in [9.17, 15) is 4.79 Å². The van der Waals surface area contributed by atoms with Gasteiger partial charge in [0.2, 0.25) is 5.89 Å². The molecular weight excluding hydrogens is 342 g/mol. The van der Waals surface area contributed by atoms with E-state index in [1.165, 1.54) is 0 Å². The number of rotatable bonds is 6. The fourth-order valence-corrected chi connectivity index (χ4v) is 2.67. The minimum absolute atomic E-state index is 0.0678. The van der Waals surface area contributed by atoms with Gasteiger partial charge < -0.3 is 9.73 Å². The summed E-state index contributed by atoms with van der Waals surface area (Å²) >= 11 is 0. The molecule has 0 spiro atoms. The number of hydrogen-bond acceptors (Lipinski definition) is 5. The molecule has 1 amide bonds. The predicted molar refractivity (Wildman–Crippen MR) is 103 cm³/mol. The normalized spacial score (nSPS) is 11.4. The van der Waals surface area contributed by atoms with Crippen LogP contribution in [0, 0.1) is 12.8 Å². The molecule has 0 radical (unpaired) electrons. The Morgan fingerprint density at radius 1 is 1.15 bits per heavy atom. The Morgan fingerprint density at radius 2 is 1.85 bits per heavy atom. The standard InChI is InChI=1S/C20H25N5O2/c1-12(2)11-21-19(26)15-6-8-16(9-7-15)25-18(13(3)4)10-17(24-25)20-23-22-14(5)27-20/h6-10,12-13H,11H2,1-5H3,(H,21,26). The van der Waals surface area contributed by atoms with Gasteiger partial charge in [-0.15, -0.1) is 10.2 Å². The Bertz CT molecular complexity index is 922. The first-order chi connectivity index (χ1) is 12.8. The van der Waals surface area contributed by atoms with Crippen molar-refractivity contribution in [3.8, 4) is 17.3 Å². The number of nitrogens with zero attached hydrogens (tertiary/aromatic N) is 4. The van der Waals surface area contributed by atoms with Crippen LogP contribution in [0.25, 0.3) is 17.3 Å². The maximum Gasteiger partial charge on any atom is 0.268 e. The summed E-state index contributed by atoms with van der Waals surface area (Å²) in [5.41, 5.74) is 3.17. The summed E-state index contributed by atoms with van der Waals surface area (Å²) in [4.78, 5) is 12.2. The molecule has 27 heavy (non-hydrogen) atoms. The van der Waals surface area contributed by atoms with E-state index >= 15 is 0 Å². The lowest BCUT2D eigenvalue weighted by molar-refractivity contribution is 0.0949. The molecular formula is C20H25N5O2.